The van der Waals surface area contributed by atoms with Crippen LogP contribution in [-0.4, -0.2) is 31.9 Å². The molecule has 108 valence electrons. The molecule has 0 aromatic carbocycles. The lowest BCUT2D eigenvalue weighted by atomic mass is 9.99. The fraction of sp³-hybridized carbons (Fsp3) is 0.600. The standard InChI is InChI=1S/C15H22N4O/c1-11(2)12-9-13-14(16-7-8-19(13)18-12)17-15(10-20)5-3-4-6-15/h7-9,11,20H,3-6,10H2,1-2H3,(H,16,17). The number of nitrogens with one attached hydrogen (secondary N) is 1. The van der Waals surface area contributed by atoms with E-state index in [-0.39, 0.29) is 12.1 Å². The highest BCUT2D eigenvalue weighted by Crippen LogP contribution is 2.33. The van der Waals surface area contributed by atoms with Crippen LogP contribution in [0.4, 0.5) is 5.82 Å². The lowest BCUT2D eigenvalue weighted by Crippen LogP contribution is -2.39. The first-order chi connectivity index (χ1) is 9.63. The van der Waals surface area contributed by atoms with Gasteiger partial charge in [0.2, 0.25) is 0 Å². The maximum absolute atomic E-state index is 9.73. The molecular weight excluding hydrogens is 252 g/mol. The Morgan fingerprint density at radius 1 is 1.40 bits per heavy atom. The number of rotatable bonds is 4. The molecule has 1 aliphatic carbocycles. The van der Waals surface area contributed by atoms with E-state index in [1.807, 2.05) is 10.7 Å². The third kappa shape index (κ3) is 2.26. The van der Waals surface area contributed by atoms with E-state index in [2.05, 4.69) is 35.3 Å². The molecule has 2 heterocycles. The predicted octanol–water partition coefficient (Wildman–Crippen LogP) is 2.57. The first-order valence-electron chi connectivity index (χ1n) is 7.37. The van der Waals surface area contributed by atoms with Crippen LogP contribution in [0.15, 0.2) is 18.5 Å². The van der Waals surface area contributed by atoms with E-state index in [1.165, 1.54) is 0 Å². The molecule has 0 unspecified atom stereocenters. The number of anilines is 1. The zero-order valence-electron chi connectivity index (χ0n) is 12.1. The van der Waals surface area contributed by atoms with Crippen molar-refractivity contribution >= 4 is 11.3 Å². The molecule has 1 aliphatic rings. The first-order valence-corrected chi connectivity index (χ1v) is 7.37. The van der Waals surface area contributed by atoms with E-state index >= 15 is 0 Å². The van der Waals surface area contributed by atoms with E-state index in [1.54, 1.807) is 6.20 Å². The van der Waals surface area contributed by atoms with E-state index in [0.717, 1.165) is 42.7 Å². The van der Waals surface area contributed by atoms with Gasteiger partial charge in [-0.25, -0.2) is 9.50 Å². The monoisotopic (exact) mass is 274 g/mol. The Morgan fingerprint density at radius 3 is 2.80 bits per heavy atom. The maximum Gasteiger partial charge on any atom is 0.152 e. The van der Waals surface area contributed by atoms with Crippen LogP contribution < -0.4 is 5.32 Å². The summed E-state index contributed by atoms with van der Waals surface area (Å²) in [5, 5.41) is 17.8. The highest BCUT2D eigenvalue weighted by molar-refractivity contribution is 5.68. The fourth-order valence-electron chi connectivity index (χ4n) is 2.95. The number of aliphatic hydroxyl groups excluding tert-OH is 1. The average molecular weight is 274 g/mol. The van der Waals surface area contributed by atoms with Crippen LogP contribution in [0.3, 0.4) is 0 Å². The van der Waals surface area contributed by atoms with E-state index in [4.69, 9.17) is 0 Å². The molecule has 0 bridgehead atoms. The van der Waals surface area contributed by atoms with Crippen LogP contribution in [0.1, 0.15) is 51.1 Å². The molecule has 0 amide bonds. The van der Waals surface area contributed by atoms with Crippen LogP contribution in [0, 0.1) is 0 Å². The van der Waals surface area contributed by atoms with Crippen LogP contribution in [0.5, 0.6) is 0 Å². The van der Waals surface area contributed by atoms with Gasteiger partial charge in [-0.1, -0.05) is 26.7 Å². The smallest absolute Gasteiger partial charge is 0.152 e. The molecule has 0 atom stereocenters. The van der Waals surface area contributed by atoms with Gasteiger partial charge in [0.15, 0.2) is 5.82 Å². The summed E-state index contributed by atoms with van der Waals surface area (Å²) < 4.78 is 1.87. The summed E-state index contributed by atoms with van der Waals surface area (Å²) in [4.78, 5) is 4.45. The van der Waals surface area contributed by atoms with Gasteiger partial charge in [0.25, 0.3) is 0 Å². The Labute approximate surface area is 119 Å². The molecule has 2 N–H and O–H groups in total. The Balaban J connectivity index is 1.98. The molecule has 0 saturated heterocycles. The van der Waals surface area contributed by atoms with Crippen molar-refractivity contribution in [3.05, 3.63) is 24.2 Å². The normalized spacial score (nSPS) is 18.0. The summed E-state index contributed by atoms with van der Waals surface area (Å²) >= 11 is 0. The van der Waals surface area contributed by atoms with Crippen molar-refractivity contribution in [3.8, 4) is 0 Å². The van der Waals surface area contributed by atoms with Gasteiger partial charge in [0.1, 0.15) is 5.52 Å². The van der Waals surface area contributed by atoms with Gasteiger partial charge in [-0.2, -0.15) is 5.10 Å². The molecule has 2 aromatic heterocycles. The zero-order valence-corrected chi connectivity index (χ0v) is 12.1. The second-order valence-corrected chi connectivity index (χ2v) is 6.10. The van der Waals surface area contributed by atoms with Crippen molar-refractivity contribution in [3.63, 3.8) is 0 Å². The average Bonchev–Trinajstić information content (AvgIpc) is 3.06. The molecule has 0 spiro atoms. The molecule has 5 nitrogen and oxygen atoms in total. The van der Waals surface area contributed by atoms with Crippen molar-refractivity contribution < 1.29 is 5.11 Å². The summed E-state index contributed by atoms with van der Waals surface area (Å²) in [6, 6.07) is 2.08. The molecule has 5 heteroatoms. The Morgan fingerprint density at radius 2 is 2.15 bits per heavy atom. The van der Waals surface area contributed by atoms with Crippen LogP contribution >= 0.6 is 0 Å². The van der Waals surface area contributed by atoms with E-state index in [0.29, 0.717) is 5.92 Å². The summed E-state index contributed by atoms with van der Waals surface area (Å²) in [5.41, 5.74) is 1.83. The quantitative estimate of drug-likeness (QED) is 0.899. The topological polar surface area (TPSA) is 62.5 Å². The third-order valence-electron chi connectivity index (χ3n) is 4.25. The zero-order chi connectivity index (χ0) is 14.2. The van der Waals surface area contributed by atoms with Crippen LogP contribution in [0.25, 0.3) is 5.52 Å². The van der Waals surface area contributed by atoms with Crippen molar-refractivity contribution in [2.45, 2.75) is 51.0 Å². The van der Waals surface area contributed by atoms with Gasteiger partial charge < -0.3 is 10.4 Å². The Hall–Kier alpha value is -1.62. The third-order valence-corrected chi connectivity index (χ3v) is 4.25. The van der Waals surface area contributed by atoms with Gasteiger partial charge in [-0.3, -0.25) is 0 Å². The van der Waals surface area contributed by atoms with Gasteiger partial charge in [-0.15, -0.1) is 0 Å². The molecule has 20 heavy (non-hydrogen) atoms. The number of fused-ring (bicyclic) bond motifs is 1. The first kappa shape index (κ1) is 13.4. The highest BCUT2D eigenvalue weighted by Gasteiger charge is 2.33. The Bertz CT molecular complexity index is 599. The second kappa shape index (κ2) is 5.05. The summed E-state index contributed by atoms with van der Waals surface area (Å²) in [6.07, 6.45) is 7.94. The largest absolute Gasteiger partial charge is 0.394 e. The van der Waals surface area contributed by atoms with E-state index < -0.39 is 0 Å². The number of aromatic nitrogens is 3. The summed E-state index contributed by atoms with van der Waals surface area (Å²) in [5.74, 6) is 1.21. The molecule has 0 aliphatic heterocycles. The molecule has 1 fully saturated rings. The minimum absolute atomic E-state index is 0.154. The second-order valence-electron chi connectivity index (χ2n) is 6.10. The SMILES string of the molecule is CC(C)c1cc2c(NC3(CO)CCCC3)nccn2n1. The van der Waals surface area contributed by atoms with E-state index in [9.17, 15) is 5.11 Å². The maximum atomic E-state index is 9.73. The minimum atomic E-state index is -0.211. The molecule has 1 saturated carbocycles. The number of nitrogens with zero attached hydrogens (tertiary/aromatic N) is 3. The lowest BCUT2D eigenvalue weighted by Gasteiger charge is -2.28. The molecular formula is C15H22N4O. The van der Waals surface area contributed by atoms with Gasteiger partial charge >= 0.3 is 0 Å². The number of aliphatic hydroxyl groups is 1. The molecule has 0 radical (unpaired) electrons. The van der Waals surface area contributed by atoms with Crippen LogP contribution in [-0.2, 0) is 0 Å². The van der Waals surface area contributed by atoms with Crippen molar-refractivity contribution in [1.29, 1.82) is 0 Å². The highest BCUT2D eigenvalue weighted by atomic mass is 16.3. The van der Waals surface area contributed by atoms with Gasteiger partial charge in [0, 0.05) is 12.4 Å². The Kier molecular flexibility index (Phi) is 3.38. The summed E-state index contributed by atoms with van der Waals surface area (Å²) in [7, 11) is 0. The number of hydrogen-bond donors (Lipinski definition) is 2. The van der Waals surface area contributed by atoms with Crippen LogP contribution in [0.2, 0.25) is 0 Å². The van der Waals surface area contributed by atoms with Crippen molar-refractivity contribution in [2.75, 3.05) is 11.9 Å². The van der Waals surface area contributed by atoms with Crippen molar-refractivity contribution in [1.82, 2.24) is 14.6 Å². The van der Waals surface area contributed by atoms with Gasteiger partial charge in [-0.05, 0) is 24.8 Å². The molecule has 3 rings (SSSR count). The fourth-order valence-corrected chi connectivity index (χ4v) is 2.95. The summed E-state index contributed by atoms with van der Waals surface area (Å²) in [6.45, 7) is 4.42. The van der Waals surface area contributed by atoms with Gasteiger partial charge in [0.05, 0.1) is 17.8 Å². The number of hydrogen-bond acceptors (Lipinski definition) is 4. The minimum Gasteiger partial charge on any atom is -0.394 e. The lowest BCUT2D eigenvalue weighted by molar-refractivity contribution is 0.214. The predicted molar refractivity (Wildman–Crippen MR) is 79.0 cm³/mol. The van der Waals surface area contributed by atoms with Crippen molar-refractivity contribution in [2.24, 2.45) is 0 Å². The molecule has 2 aromatic rings.